The van der Waals surface area contributed by atoms with Gasteiger partial charge in [0.15, 0.2) is 0 Å². The molecule has 2 aliphatic carbocycles. The van der Waals surface area contributed by atoms with Crippen LogP contribution in [0.25, 0.3) is 22.3 Å². The van der Waals surface area contributed by atoms with Gasteiger partial charge in [0.1, 0.15) is 11.5 Å². The maximum atomic E-state index is 5.51. The Hall–Kier alpha value is -4.40. The predicted molar refractivity (Wildman–Crippen MR) is 216 cm³/mol. The van der Waals surface area contributed by atoms with Crippen molar-refractivity contribution in [1.29, 1.82) is 0 Å². The van der Waals surface area contributed by atoms with Gasteiger partial charge in [0.05, 0.1) is 13.2 Å². The first kappa shape index (κ1) is 37.8. The van der Waals surface area contributed by atoms with Crippen molar-refractivity contribution >= 4 is 0 Å². The first-order valence-electron chi connectivity index (χ1n) is 19.8. The van der Waals surface area contributed by atoms with Gasteiger partial charge in [-0.3, -0.25) is 0 Å². The van der Waals surface area contributed by atoms with Crippen LogP contribution in [0, 0.1) is 47.4 Å². The largest absolute Gasteiger partial charge is 0.494 e. The quantitative estimate of drug-likeness (QED) is 0.164. The van der Waals surface area contributed by atoms with Gasteiger partial charge in [-0.15, -0.1) is 0 Å². The zero-order valence-corrected chi connectivity index (χ0v) is 31.6. The lowest BCUT2D eigenvalue weighted by atomic mass is 9.80. The molecule has 0 aromatic heterocycles. The van der Waals surface area contributed by atoms with Crippen LogP contribution < -0.4 is 9.47 Å². The van der Waals surface area contributed by atoms with Crippen molar-refractivity contribution in [3.63, 3.8) is 0 Å². The van der Waals surface area contributed by atoms with Crippen LogP contribution in [-0.4, -0.2) is 13.2 Å². The van der Waals surface area contributed by atoms with Gasteiger partial charge in [-0.2, -0.15) is 0 Å². The SMILES string of the molecule is CCC[C@H]1CC[C@H](C#Cc2ccc(-c3ccc(OCC)cc3)cc2)CC1.CCOc1ccc(-c2ccc(C#C[C@H]3CC[C@H](CC)CC3)cc2)cc1. The van der Waals surface area contributed by atoms with E-state index in [9.17, 15) is 0 Å². The van der Waals surface area contributed by atoms with Gasteiger partial charge in [-0.1, -0.05) is 105 Å². The summed E-state index contributed by atoms with van der Waals surface area (Å²) in [7, 11) is 0. The molecule has 0 spiro atoms. The fraction of sp³-hybridized carbons (Fsp3) is 0.429. The molecule has 51 heavy (non-hydrogen) atoms. The fourth-order valence-corrected chi connectivity index (χ4v) is 7.40. The van der Waals surface area contributed by atoms with Crippen molar-refractivity contribution in [3.05, 3.63) is 108 Å². The van der Waals surface area contributed by atoms with Crippen molar-refractivity contribution in [1.82, 2.24) is 0 Å². The minimum absolute atomic E-state index is 0.591. The molecule has 2 aliphatic rings. The molecule has 0 aliphatic heterocycles. The van der Waals surface area contributed by atoms with Gasteiger partial charge >= 0.3 is 0 Å². The predicted octanol–water partition coefficient (Wildman–Crippen LogP) is 13.0. The van der Waals surface area contributed by atoms with Crippen molar-refractivity contribution in [2.24, 2.45) is 23.7 Å². The van der Waals surface area contributed by atoms with Crippen LogP contribution in [0.4, 0.5) is 0 Å². The van der Waals surface area contributed by atoms with Gasteiger partial charge in [-0.25, -0.2) is 0 Å². The van der Waals surface area contributed by atoms with Crippen LogP contribution in [0.5, 0.6) is 11.5 Å². The molecule has 0 bridgehead atoms. The lowest BCUT2D eigenvalue weighted by molar-refractivity contribution is 0.300. The second-order valence-corrected chi connectivity index (χ2v) is 14.2. The first-order chi connectivity index (χ1) is 25.1. The molecule has 0 unspecified atom stereocenters. The Bertz CT molecular complexity index is 1690. The Balaban J connectivity index is 0.000000198. The summed E-state index contributed by atoms with van der Waals surface area (Å²) in [5, 5.41) is 0. The van der Waals surface area contributed by atoms with Gasteiger partial charge < -0.3 is 9.47 Å². The summed E-state index contributed by atoms with van der Waals surface area (Å²) in [6, 6.07) is 33.8. The molecule has 2 saturated carbocycles. The smallest absolute Gasteiger partial charge is 0.119 e. The molecule has 0 amide bonds. The van der Waals surface area contributed by atoms with Crippen molar-refractivity contribution in [2.45, 2.75) is 98.3 Å². The Morgan fingerprint density at radius 2 is 0.804 bits per heavy atom. The van der Waals surface area contributed by atoms with E-state index in [4.69, 9.17) is 9.47 Å². The molecule has 2 nitrogen and oxygen atoms in total. The maximum Gasteiger partial charge on any atom is 0.119 e. The van der Waals surface area contributed by atoms with E-state index in [1.165, 1.54) is 92.9 Å². The van der Waals surface area contributed by atoms with E-state index >= 15 is 0 Å². The molecule has 2 fully saturated rings. The third kappa shape index (κ3) is 12.1. The third-order valence-electron chi connectivity index (χ3n) is 10.6. The van der Waals surface area contributed by atoms with E-state index in [1.807, 2.05) is 38.1 Å². The highest BCUT2D eigenvalue weighted by Crippen LogP contribution is 2.32. The summed E-state index contributed by atoms with van der Waals surface area (Å²) >= 11 is 0. The topological polar surface area (TPSA) is 18.5 Å². The Kier molecular flexibility index (Phi) is 15.2. The Morgan fingerprint density at radius 1 is 0.451 bits per heavy atom. The van der Waals surface area contributed by atoms with Crippen molar-refractivity contribution < 1.29 is 9.47 Å². The molecule has 0 N–H and O–H groups in total. The lowest BCUT2D eigenvalue weighted by Crippen LogP contribution is -2.13. The van der Waals surface area contributed by atoms with Crippen LogP contribution in [-0.2, 0) is 0 Å². The number of ether oxygens (including phenoxy) is 2. The molecular weight excluding hydrogens is 621 g/mol. The number of rotatable bonds is 9. The minimum Gasteiger partial charge on any atom is -0.494 e. The summed E-state index contributed by atoms with van der Waals surface area (Å²) in [6.45, 7) is 10.0. The average molecular weight is 679 g/mol. The standard InChI is InChI=1S/C25H30O.C24H28O/c1-3-5-20-6-8-21(9-7-20)10-11-22-12-14-23(15-13-22)24-16-18-25(19-17-24)26-4-2;1-3-19-5-7-20(8-6-19)9-10-21-11-13-22(14-12-21)23-15-17-24(18-16-23)25-4-2/h12-21H,3-9H2,1-2H3;11-20H,3-8H2,1-2H3/t20-,21-;19-,20-. The van der Waals surface area contributed by atoms with Crippen LogP contribution in [0.2, 0.25) is 0 Å². The zero-order chi connectivity index (χ0) is 35.7. The van der Waals surface area contributed by atoms with E-state index < -0.39 is 0 Å². The summed E-state index contributed by atoms with van der Waals surface area (Å²) in [6.07, 6.45) is 14.6. The minimum atomic E-state index is 0.591. The monoisotopic (exact) mass is 678 g/mol. The van der Waals surface area contributed by atoms with Gasteiger partial charge in [0.2, 0.25) is 0 Å². The number of benzene rings is 4. The van der Waals surface area contributed by atoms with E-state index in [2.05, 4.69) is 110 Å². The van der Waals surface area contributed by atoms with Gasteiger partial charge in [0.25, 0.3) is 0 Å². The normalized spacial score (nSPS) is 19.6. The highest BCUT2D eigenvalue weighted by atomic mass is 16.5. The van der Waals surface area contributed by atoms with E-state index in [0.29, 0.717) is 25.0 Å². The summed E-state index contributed by atoms with van der Waals surface area (Å²) < 4.78 is 11.0. The molecule has 266 valence electrons. The summed E-state index contributed by atoms with van der Waals surface area (Å²) in [5.41, 5.74) is 7.10. The van der Waals surface area contributed by atoms with Crippen LogP contribution in [0.3, 0.4) is 0 Å². The summed E-state index contributed by atoms with van der Waals surface area (Å²) in [5.74, 6) is 18.7. The van der Waals surface area contributed by atoms with Gasteiger partial charge in [-0.05, 0) is 148 Å². The highest BCUT2D eigenvalue weighted by Gasteiger charge is 2.19. The van der Waals surface area contributed by atoms with Crippen molar-refractivity contribution in [2.75, 3.05) is 13.2 Å². The van der Waals surface area contributed by atoms with E-state index in [1.54, 1.807) is 0 Å². The molecular formula is C49H58O2. The van der Waals surface area contributed by atoms with Crippen molar-refractivity contribution in [3.8, 4) is 57.4 Å². The second kappa shape index (κ2) is 20.4. The fourth-order valence-electron chi connectivity index (χ4n) is 7.40. The molecule has 0 saturated heterocycles. The second-order valence-electron chi connectivity index (χ2n) is 14.2. The van der Waals surface area contributed by atoms with E-state index in [-0.39, 0.29) is 0 Å². The average Bonchev–Trinajstić information content (AvgIpc) is 3.19. The number of hydrogen-bond donors (Lipinski definition) is 0. The Labute approximate surface area is 309 Å². The van der Waals surface area contributed by atoms with E-state index in [0.717, 1.165) is 34.5 Å². The molecule has 4 aromatic rings. The molecule has 4 aromatic carbocycles. The molecule has 0 heterocycles. The molecule has 0 atom stereocenters. The molecule has 2 heteroatoms. The zero-order valence-electron chi connectivity index (χ0n) is 31.6. The third-order valence-corrected chi connectivity index (χ3v) is 10.6. The molecule has 0 radical (unpaired) electrons. The maximum absolute atomic E-state index is 5.51. The van der Waals surface area contributed by atoms with Gasteiger partial charge in [0, 0.05) is 23.0 Å². The summed E-state index contributed by atoms with van der Waals surface area (Å²) in [4.78, 5) is 0. The van der Waals surface area contributed by atoms with Crippen LogP contribution >= 0.6 is 0 Å². The Morgan fingerprint density at radius 3 is 1.14 bits per heavy atom. The van der Waals surface area contributed by atoms with Crippen LogP contribution in [0.15, 0.2) is 97.1 Å². The van der Waals surface area contributed by atoms with Crippen LogP contribution in [0.1, 0.15) is 109 Å². The number of hydrogen-bond acceptors (Lipinski definition) is 2. The highest BCUT2D eigenvalue weighted by molar-refractivity contribution is 5.66. The first-order valence-corrected chi connectivity index (χ1v) is 19.8. The lowest BCUT2D eigenvalue weighted by Gasteiger charge is -2.25. The molecule has 6 rings (SSSR count).